The Morgan fingerprint density at radius 1 is 0.926 bits per heavy atom. The van der Waals surface area contributed by atoms with Gasteiger partial charge in [0.1, 0.15) is 5.82 Å². The Hall–Kier alpha value is -2.95. The van der Waals surface area contributed by atoms with Crippen molar-refractivity contribution in [2.45, 2.75) is 32.6 Å². The Labute approximate surface area is 161 Å². The number of hydrogen-bond donors (Lipinski definition) is 1. The molecule has 0 spiro atoms. The zero-order chi connectivity index (χ0) is 19.3. The second-order valence-electron chi connectivity index (χ2n) is 7.72. The van der Waals surface area contributed by atoms with Crippen molar-refractivity contribution in [2.75, 3.05) is 23.8 Å². The average Bonchev–Trinajstić information content (AvgIpc) is 2.67. The van der Waals surface area contributed by atoms with Gasteiger partial charge in [0.25, 0.3) is 0 Å². The summed E-state index contributed by atoms with van der Waals surface area (Å²) in [6.45, 7) is 7.51. The van der Waals surface area contributed by atoms with E-state index in [1.54, 1.807) is 6.20 Å². The summed E-state index contributed by atoms with van der Waals surface area (Å²) < 4.78 is 0. The molecule has 0 aliphatic carbocycles. The minimum Gasteiger partial charge on any atom is -0.359 e. The van der Waals surface area contributed by atoms with Gasteiger partial charge < -0.3 is 10.2 Å². The van der Waals surface area contributed by atoms with E-state index in [9.17, 15) is 0 Å². The first kappa shape index (κ1) is 18.8. The normalized spacial score (nSPS) is 11.3. The highest BCUT2D eigenvalue weighted by atomic mass is 15.2. The zero-order valence-electron chi connectivity index (χ0n) is 16.5. The number of pyridine rings is 1. The van der Waals surface area contributed by atoms with Crippen LogP contribution in [0.3, 0.4) is 0 Å². The topological polar surface area (TPSA) is 53.9 Å². The van der Waals surface area contributed by atoms with Gasteiger partial charge in [0.15, 0.2) is 0 Å². The number of benzene rings is 1. The predicted octanol–water partition coefficient (Wildman–Crippen LogP) is 4.59. The predicted molar refractivity (Wildman–Crippen MR) is 112 cm³/mol. The van der Waals surface area contributed by atoms with E-state index >= 15 is 0 Å². The van der Waals surface area contributed by atoms with Gasteiger partial charge in [-0.3, -0.25) is 4.98 Å². The van der Waals surface area contributed by atoms with Gasteiger partial charge >= 0.3 is 0 Å². The van der Waals surface area contributed by atoms with Crippen LogP contribution in [0.25, 0.3) is 0 Å². The molecule has 0 radical (unpaired) electrons. The maximum absolute atomic E-state index is 4.64. The summed E-state index contributed by atoms with van der Waals surface area (Å²) in [5.41, 5.74) is 3.70. The van der Waals surface area contributed by atoms with Gasteiger partial charge in [-0.25, -0.2) is 4.98 Å². The molecule has 2 heterocycles. The van der Waals surface area contributed by atoms with Crippen molar-refractivity contribution in [3.8, 4) is 0 Å². The van der Waals surface area contributed by atoms with Crippen LogP contribution < -0.4 is 10.2 Å². The molecule has 0 fully saturated rings. The maximum atomic E-state index is 4.64. The number of aromatic nitrogens is 3. The molecule has 0 unspecified atom stereocenters. The molecule has 1 N–H and O–H groups in total. The van der Waals surface area contributed by atoms with Crippen molar-refractivity contribution in [1.82, 2.24) is 15.0 Å². The first-order valence-corrected chi connectivity index (χ1v) is 9.22. The van der Waals surface area contributed by atoms with Crippen LogP contribution in [0, 0.1) is 0 Å². The van der Waals surface area contributed by atoms with Crippen LogP contribution in [0.5, 0.6) is 0 Å². The lowest BCUT2D eigenvalue weighted by Crippen LogP contribution is -2.21. The molecule has 0 atom stereocenters. The van der Waals surface area contributed by atoms with Crippen molar-refractivity contribution in [3.63, 3.8) is 0 Å². The largest absolute Gasteiger partial charge is 0.359 e. The first-order valence-electron chi connectivity index (χ1n) is 9.22. The van der Waals surface area contributed by atoms with Crippen molar-refractivity contribution >= 4 is 17.5 Å². The summed E-state index contributed by atoms with van der Waals surface area (Å²) in [6.07, 6.45) is 6.39. The SMILES string of the molecule is CN(CCc1ccncc1)c1ccnc(Nc2ccc(C(C)(C)C)cc2)n1. The van der Waals surface area contributed by atoms with E-state index in [4.69, 9.17) is 0 Å². The molecule has 27 heavy (non-hydrogen) atoms. The molecule has 0 aliphatic rings. The minimum atomic E-state index is 0.145. The standard InChI is InChI=1S/C22H27N5/c1-22(2,3)18-5-7-19(8-6-18)25-21-24-15-11-20(26-21)27(4)16-12-17-9-13-23-14-10-17/h5-11,13-15H,12,16H2,1-4H3,(H,24,25,26). The minimum absolute atomic E-state index is 0.145. The fourth-order valence-electron chi connectivity index (χ4n) is 2.77. The second kappa shape index (κ2) is 8.16. The number of anilines is 3. The van der Waals surface area contributed by atoms with Crippen molar-refractivity contribution in [2.24, 2.45) is 0 Å². The van der Waals surface area contributed by atoms with Gasteiger partial charge in [-0.05, 0) is 53.3 Å². The lowest BCUT2D eigenvalue weighted by atomic mass is 9.87. The van der Waals surface area contributed by atoms with Gasteiger partial charge in [0.05, 0.1) is 0 Å². The molecule has 2 aromatic heterocycles. The average molecular weight is 361 g/mol. The molecule has 3 rings (SSSR count). The third kappa shape index (κ3) is 5.26. The highest BCUT2D eigenvalue weighted by Gasteiger charge is 2.13. The van der Waals surface area contributed by atoms with Crippen LogP contribution in [-0.4, -0.2) is 28.5 Å². The molecular formula is C22H27N5. The lowest BCUT2D eigenvalue weighted by Gasteiger charge is -2.20. The summed E-state index contributed by atoms with van der Waals surface area (Å²) in [4.78, 5) is 15.2. The van der Waals surface area contributed by atoms with Crippen LogP contribution in [0.15, 0.2) is 61.1 Å². The van der Waals surface area contributed by atoms with E-state index in [2.05, 4.69) is 70.2 Å². The van der Waals surface area contributed by atoms with Crippen LogP contribution >= 0.6 is 0 Å². The fraction of sp³-hybridized carbons (Fsp3) is 0.318. The number of likely N-dealkylation sites (N-methyl/N-ethyl adjacent to an activating group) is 1. The van der Waals surface area contributed by atoms with Crippen molar-refractivity contribution in [1.29, 1.82) is 0 Å². The van der Waals surface area contributed by atoms with Crippen molar-refractivity contribution < 1.29 is 0 Å². The van der Waals surface area contributed by atoms with Gasteiger partial charge in [-0.2, -0.15) is 4.98 Å². The summed E-state index contributed by atoms with van der Waals surface area (Å²) in [5, 5.41) is 3.29. The molecule has 140 valence electrons. The molecule has 5 heteroatoms. The smallest absolute Gasteiger partial charge is 0.229 e. The molecule has 3 aromatic rings. The fourth-order valence-corrected chi connectivity index (χ4v) is 2.77. The third-order valence-corrected chi connectivity index (χ3v) is 4.52. The van der Waals surface area contributed by atoms with Crippen LogP contribution in [-0.2, 0) is 11.8 Å². The number of rotatable bonds is 6. The molecule has 1 aromatic carbocycles. The zero-order valence-corrected chi connectivity index (χ0v) is 16.5. The summed E-state index contributed by atoms with van der Waals surface area (Å²) in [7, 11) is 2.05. The Balaban J connectivity index is 1.64. The lowest BCUT2D eigenvalue weighted by molar-refractivity contribution is 0.590. The molecular weight excluding hydrogens is 334 g/mol. The van der Waals surface area contributed by atoms with E-state index in [0.717, 1.165) is 24.5 Å². The van der Waals surface area contributed by atoms with Crippen LogP contribution in [0.2, 0.25) is 0 Å². The maximum Gasteiger partial charge on any atom is 0.229 e. The molecule has 0 bridgehead atoms. The van der Waals surface area contributed by atoms with Crippen LogP contribution in [0.4, 0.5) is 17.5 Å². The van der Waals surface area contributed by atoms with E-state index in [1.807, 2.05) is 37.6 Å². The Kier molecular flexibility index (Phi) is 5.69. The Morgan fingerprint density at radius 2 is 1.63 bits per heavy atom. The quantitative estimate of drug-likeness (QED) is 0.696. The molecule has 0 amide bonds. The van der Waals surface area contributed by atoms with Gasteiger partial charge in [0.2, 0.25) is 5.95 Å². The van der Waals surface area contributed by atoms with Crippen LogP contribution in [0.1, 0.15) is 31.9 Å². The summed E-state index contributed by atoms with van der Waals surface area (Å²) in [6, 6.07) is 14.5. The van der Waals surface area contributed by atoms with Gasteiger partial charge in [-0.1, -0.05) is 32.9 Å². The highest BCUT2D eigenvalue weighted by molar-refractivity contribution is 5.55. The van der Waals surface area contributed by atoms with Crippen molar-refractivity contribution in [3.05, 3.63) is 72.2 Å². The van der Waals surface area contributed by atoms with Gasteiger partial charge in [0, 0.05) is 37.9 Å². The third-order valence-electron chi connectivity index (χ3n) is 4.52. The number of nitrogens with one attached hydrogen (secondary N) is 1. The highest BCUT2D eigenvalue weighted by Crippen LogP contribution is 2.24. The number of nitrogens with zero attached hydrogens (tertiary/aromatic N) is 4. The van der Waals surface area contributed by atoms with E-state index in [0.29, 0.717) is 5.95 Å². The van der Waals surface area contributed by atoms with E-state index in [-0.39, 0.29) is 5.41 Å². The first-order chi connectivity index (χ1) is 12.9. The molecule has 0 aliphatic heterocycles. The second-order valence-corrected chi connectivity index (χ2v) is 7.72. The summed E-state index contributed by atoms with van der Waals surface area (Å²) in [5.74, 6) is 1.50. The Bertz CT molecular complexity index is 854. The molecule has 0 saturated heterocycles. The summed E-state index contributed by atoms with van der Waals surface area (Å²) >= 11 is 0. The Morgan fingerprint density at radius 3 is 2.30 bits per heavy atom. The van der Waals surface area contributed by atoms with E-state index < -0.39 is 0 Å². The van der Waals surface area contributed by atoms with Gasteiger partial charge in [-0.15, -0.1) is 0 Å². The molecule has 5 nitrogen and oxygen atoms in total. The monoisotopic (exact) mass is 361 g/mol. The van der Waals surface area contributed by atoms with E-state index in [1.165, 1.54) is 11.1 Å². The molecule has 0 saturated carbocycles. The number of hydrogen-bond acceptors (Lipinski definition) is 5.